The van der Waals surface area contributed by atoms with Crippen LogP contribution in [0, 0.1) is 5.92 Å². The molecule has 0 aromatic heterocycles. The first-order chi connectivity index (χ1) is 9.95. The Morgan fingerprint density at radius 1 is 1.38 bits per heavy atom. The second kappa shape index (κ2) is 6.03. The zero-order valence-electron chi connectivity index (χ0n) is 12.1. The number of piperidine rings is 1. The third kappa shape index (κ3) is 2.94. The largest absolute Gasteiger partial charge is 0.504 e. The van der Waals surface area contributed by atoms with Gasteiger partial charge in [-0.3, -0.25) is 4.79 Å². The summed E-state index contributed by atoms with van der Waals surface area (Å²) in [5.74, 6) is -1.33. The summed E-state index contributed by atoms with van der Waals surface area (Å²) in [6.07, 6.45) is 1.56. The molecule has 0 saturated carbocycles. The third-order valence-electron chi connectivity index (χ3n) is 3.87. The van der Waals surface area contributed by atoms with Crippen LogP contribution in [0.25, 0.3) is 0 Å². The van der Waals surface area contributed by atoms with Gasteiger partial charge in [0.05, 0.1) is 7.11 Å². The minimum absolute atomic E-state index is 0.0907. The summed E-state index contributed by atoms with van der Waals surface area (Å²) in [5.41, 5.74) is 0.258. The fourth-order valence-corrected chi connectivity index (χ4v) is 2.78. The van der Waals surface area contributed by atoms with E-state index in [1.54, 1.807) is 0 Å². The highest BCUT2D eigenvalue weighted by Crippen LogP contribution is 2.29. The molecule has 1 saturated heterocycles. The molecule has 1 aliphatic heterocycles. The Morgan fingerprint density at radius 3 is 2.67 bits per heavy atom. The second-order valence-corrected chi connectivity index (χ2v) is 5.29. The number of aliphatic carboxylic acids is 1. The van der Waals surface area contributed by atoms with Crippen molar-refractivity contribution in [2.24, 2.45) is 5.92 Å². The van der Waals surface area contributed by atoms with Crippen LogP contribution in [0.15, 0.2) is 18.2 Å². The maximum atomic E-state index is 12.5. The average Bonchev–Trinajstić information content (AvgIpc) is 2.45. The lowest BCUT2D eigenvalue weighted by molar-refractivity contribution is -0.145. The van der Waals surface area contributed by atoms with E-state index >= 15 is 0 Å². The van der Waals surface area contributed by atoms with Gasteiger partial charge in [0, 0.05) is 12.1 Å². The van der Waals surface area contributed by atoms with Gasteiger partial charge in [-0.15, -0.1) is 0 Å². The van der Waals surface area contributed by atoms with E-state index < -0.39 is 12.0 Å². The number of hydrogen-bond acceptors (Lipinski definition) is 4. The molecule has 0 radical (unpaired) electrons. The van der Waals surface area contributed by atoms with E-state index in [0.717, 1.165) is 12.8 Å². The minimum atomic E-state index is -0.992. The van der Waals surface area contributed by atoms with Gasteiger partial charge in [-0.25, -0.2) is 4.79 Å². The van der Waals surface area contributed by atoms with Crippen LogP contribution in [0.1, 0.15) is 30.1 Å². The molecular formula is C15H19NO5. The van der Waals surface area contributed by atoms with E-state index in [2.05, 4.69) is 0 Å². The van der Waals surface area contributed by atoms with Gasteiger partial charge < -0.3 is 19.8 Å². The second-order valence-electron chi connectivity index (χ2n) is 5.29. The van der Waals surface area contributed by atoms with Crippen molar-refractivity contribution in [2.75, 3.05) is 13.7 Å². The third-order valence-corrected chi connectivity index (χ3v) is 3.87. The Morgan fingerprint density at radius 2 is 2.10 bits per heavy atom. The van der Waals surface area contributed by atoms with Gasteiger partial charge in [0.1, 0.15) is 6.04 Å². The molecule has 1 aromatic carbocycles. The number of aromatic hydroxyl groups is 1. The zero-order chi connectivity index (χ0) is 15.6. The molecule has 6 heteroatoms. The predicted octanol–water partition coefficient (Wildman–Crippen LogP) is 1.73. The first-order valence-corrected chi connectivity index (χ1v) is 6.86. The topological polar surface area (TPSA) is 87.1 Å². The van der Waals surface area contributed by atoms with E-state index in [-0.39, 0.29) is 28.9 Å². The Balaban J connectivity index is 2.29. The summed E-state index contributed by atoms with van der Waals surface area (Å²) in [6.45, 7) is 2.25. The van der Waals surface area contributed by atoms with Crippen molar-refractivity contribution in [3.63, 3.8) is 0 Å². The zero-order valence-corrected chi connectivity index (χ0v) is 12.1. The van der Waals surface area contributed by atoms with Gasteiger partial charge in [0.15, 0.2) is 11.5 Å². The molecule has 0 aliphatic carbocycles. The average molecular weight is 293 g/mol. The van der Waals surface area contributed by atoms with Crippen molar-refractivity contribution in [1.82, 2.24) is 4.90 Å². The van der Waals surface area contributed by atoms with E-state index in [9.17, 15) is 19.8 Å². The maximum Gasteiger partial charge on any atom is 0.326 e. The van der Waals surface area contributed by atoms with Gasteiger partial charge in [0.25, 0.3) is 5.91 Å². The van der Waals surface area contributed by atoms with Gasteiger partial charge in [0.2, 0.25) is 0 Å². The van der Waals surface area contributed by atoms with Crippen molar-refractivity contribution in [3.8, 4) is 11.5 Å². The van der Waals surface area contributed by atoms with Crippen LogP contribution in [0.3, 0.4) is 0 Å². The van der Waals surface area contributed by atoms with Crippen LogP contribution < -0.4 is 4.74 Å². The number of ether oxygens (including phenoxy) is 1. The summed E-state index contributed by atoms with van der Waals surface area (Å²) in [6, 6.07) is 3.50. The normalized spacial score (nSPS) is 21.9. The lowest BCUT2D eigenvalue weighted by atomic mass is 9.90. The summed E-state index contributed by atoms with van der Waals surface area (Å²) in [7, 11) is 1.42. The molecule has 2 atom stereocenters. The van der Waals surface area contributed by atoms with Crippen molar-refractivity contribution >= 4 is 11.9 Å². The summed E-state index contributed by atoms with van der Waals surface area (Å²) >= 11 is 0. The maximum absolute atomic E-state index is 12.5. The van der Waals surface area contributed by atoms with Gasteiger partial charge in [-0.1, -0.05) is 6.92 Å². The number of benzene rings is 1. The molecule has 0 spiro atoms. The van der Waals surface area contributed by atoms with Crippen molar-refractivity contribution in [3.05, 3.63) is 23.8 Å². The molecule has 21 heavy (non-hydrogen) atoms. The number of nitrogens with zero attached hydrogens (tertiary/aromatic N) is 1. The number of phenolic OH excluding ortho intramolecular Hbond substituents is 1. The van der Waals surface area contributed by atoms with Gasteiger partial charge in [-0.05, 0) is 37.0 Å². The first kappa shape index (κ1) is 15.2. The van der Waals surface area contributed by atoms with Crippen LogP contribution in [0.2, 0.25) is 0 Å². The standard InChI is InChI=1S/C15H19NO5/c1-9-4-3-7-16(13(9)15(19)20)14(18)10-5-6-12(21-2)11(17)8-10/h5-6,8-9,13,17H,3-4,7H2,1-2H3,(H,19,20). The number of rotatable bonds is 3. The highest BCUT2D eigenvalue weighted by molar-refractivity contribution is 5.97. The Hall–Kier alpha value is -2.24. The van der Waals surface area contributed by atoms with Crippen molar-refractivity contribution < 1.29 is 24.5 Å². The molecule has 1 aromatic rings. The highest BCUT2D eigenvalue weighted by atomic mass is 16.5. The number of methoxy groups -OCH3 is 1. The summed E-state index contributed by atoms with van der Waals surface area (Å²) in [5, 5.41) is 19.1. The number of amides is 1. The quantitative estimate of drug-likeness (QED) is 0.886. The Kier molecular flexibility index (Phi) is 4.35. The fourth-order valence-electron chi connectivity index (χ4n) is 2.78. The molecule has 1 amide bonds. The lowest BCUT2D eigenvalue weighted by Crippen LogP contribution is -2.51. The SMILES string of the molecule is COc1ccc(C(=O)N2CCCC(C)C2C(=O)O)cc1O. The number of phenols is 1. The molecule has 2 unspecified atom stereocenters. The lowest BCUT2D eigenvalue weighted by Gasteiger charge is -2.37. The molecule has 2 N–H and O–H groups in total. The molecule has 1 aliphatic rings. The van der Waals surface area contributed by atoms with Crippen LogP contribution in [0.5, 0.6) is 11.5 Å². The number of carbonyl (C=O) groups excluding carboxylic acids is 1. The van der Waals surface area contributed by atoms with Crippen LogP contribution in [-0.2, 0) is 4.79 Å². The Bertz CT molecular complexity index is 557. The van der Waals surface area contributed by atoms with E-state index in [0.29, 0.717) is 6.54 Å². The van der Waals surface area contributed by atoms with Crippen LogP contribution in [0.4, 0.5) is 0 Å². The smallest absolute Gasteiger partial charge is 0.326 e. The van der Waals surface area contributed by atoms with Gasteiger partial charge >= 0.3 is 5.97 Å². The van der Waals surface area contributed by atoms with Gasteiger partial charge in [-0.2, -0.15) is 0 Å². The molecule has 1 fully saturated rings. The number of hydrogen-bond donors (Lipinski definition) is 2. The summed E-state index contributed by atoms with van der Waals surface area (Å²) < 4.78 is 4.93. The number of carboxylic acid groups (broad SMARTS) is 1. The number of likely N-dealkylation sites (tertiary alicyclic amines) is 1. The highest BCUT2D eigenvalue weighted by Gasteiger charge is 2.37. The number of carboxylic acids is 1. The molecule has 1 heterocycles. The van der Waals surface area contributed by atoms with E-state index in [1.807, 2.05) is 6.92 Å². The molecule has 6 nitrogen and oxygen atoms in total. The number of carbonyl (C=O) groups is 2. The molecule has 2 rings (SSSR count). The Labute approximate surface area is 122 Å². The van der Waals surface area contributed by atoms with E-state index in [4.69, 9.17) is 4.74 Å². The minimum Gasteiger partial charge on any atom is -0.504 e. The van der Waals surface area contributed by atoms with Crippen LogP contribution >= 0.6 is 0 Å². The van der Waals surface area contributed by atoms with Crippen LogP contribution in [-0.4, -0.2) is 46.7 Å². The monoisotopic (exact) mass is 293 g/mol. The molecule has 0 bridgehead atoms. The first-order valence-electron chi connectivity index (χ1n) is 6.86. The van der Waals surface area contributed by atoms with Crippen molar-refractivity contribution in [1.29, 1.82) is 0 Å². The van der Waals surface area contributed by atoms with Crippen molar-refractivity contribution in [2.45, 2.75) is 25.8 Å². The fraction of sp³-hybridized carbons (Fsp3) is 0.467. The summed E-state index contributed by atoms with van der Waals surface area (Å²) in [4.78, 5) is 25.3. The van der Waals surface area contributed by atoms with E-state index in [1.165, 1.54) is 30.2 Å². The predicted molar refractivity (Wildman–Crippen MR) is 75.5 cm³/mol. The molecule has 114 valence electrons. The molecular weight excluding hydrogens is 274 g/mol.